The molecule has 0 saturated carbocycles. The van der Waals surface area contributed by atoms with E-state index in [1.54, 1.807) is 14.0 Å². The van der Waals surface area contributed by atoms with Crippen molar-refractivity contribution in [2.45, 2.75) is 6.92 Å². The zero-order valence-electron chi connectivity index (χ0n) is 7.97. The molecule has 1 N–H and O–H groups in total. The zero-order chi connectivity index (χ0) is 10.6. The topological polar surface area (TPSA) is 46.9 Å². The first-order valence-electron chi connectivity index (χ1n) is 4.02. The summed E-state index contributed by atoms with van der Waals surface area (Å²) in [5.41, 5.74) is 0.193. The fourth-order valence-corrected chi connectivity index (χ4v) is 1.10. The second kappa shape index (κ2) is 4.68. The largest absolute Gasteiger partial charge is 0.371 e. The molecule has 74 valence electrons. The lowest BCUT2D eigenvalue weighted by atomic mass is 10.4. The van der Waals surface area contributed by atoms with Crippen LogP contribution in [0.25, 0.3) is 0 Å². The summed E-state index contributed by atoms with van der Waals surface area (Å²) in [5, 5.41) is 6.87. The summed E-state index contributed by atoms with van der Waals surface area (Å²) in [6, 6.07) is 0. The third kappa shape index (κ3) is 2.27. The Morgan fingerprint density at radius 1 is 1.71 bits per heavy atom. The van der Waals surface area contributed by atoms with Crippen molar-refractivity contribution in [3.05, 3.63) is 21.6 Å². The summed E-state index contributed by atoms with van der Waals surface area (Å²) in [7, 11) is 1.55. The van der Waals surface area contributed by atoms with Crippen LogP contribution in [0.2, 0.25) is 5.02 Å². The molecule has 1 heterocycles. The number of hydrogen-bond donors (Lipinski definition) is 1. The summed E-state index contributed by atoms with van der Waals surface area (Å²) in [6.07, 6.45) is 1.50. The van der Waals surface area contributed by atoms with Crippen LogP contribution >= 0.6 is 11.6 Å². The van der Waals surface area contributed by atoms with Gasteiger partial charge in [-0.2, -0.15) is 5.10 Å². The van der Waals surface area contributed by atoms with E-state index < -0.39 is 0 Å². The normalized spacial score (nSPS) is 9.07. The summed E-state index contributed by atoms with van der Waals surface area (Å²) < 4.78 is 1.18. The van der Waals surface area contributed by atoms with Crippen LogP contribution in [0.4, 0.5) is 5.69 Å². The SMILES string of the molecule is CC#CCNc1cnn(C)c(=O)c1Cl. The lowest BCUT2D eigenvalue weighted by Crippen LogP contribution is -2.21. The first-order chi connectivity index (χ1) is 6.66. The number of aromatic nitrogens is 2. The second-order valence-corrected chi connectivity index (χ2v) is 2.96. The lowest BCUT2D eigenvalue weighted by molar-refractivity contribution is 0.708. The Bertz CT molecular complexity index is 442. The van der Waals surface area contributed by atoms with Crippen molar-refractivity contribution in [3.63, 3.8) is 0 Å². The van der Waals surface area contributed by atoms with Crippen molar-refractivity contribution in [2.24, 2.45) is 7.05 Å². The standard InChI is InChI=1S/C9H10ClN3O/c1-3-4-5-11-7-6-12-13(2)9(14)8(7)10/h6,11H,5H2,1-2H3. The van der Waals surface area contributed by atoms with Crippen LogP contribution in [0.5, 0.6) is 0 Å². The number of nitrogens with zero attached hydrogens (tertiary/aromatic N) is 2. The Kier molecular flexibility index (Phi) is 3.55. The van der Waals surface area contributed by atoms with Gasteiger partial charge in [-0.25, -0.2) is 4.68 Å². The van der Waals surface area contributed by atoms with Gasteiger partial charge >= 0.3 is 0 Å². The number of rotatable bonds is 2. The fourth-order valence-electron chi connectivity index (χ4n) is 0.862. The van der Waals surface area contributed by atoms with E-state index in [4.69, 9.17) is 11.6 Å². The molecule has 0 saturated heterocycles. The third-order valence-corrected chi connectivity index (χ3v) is 1.99. The maximum absolute atomic E-state index is 11.3. The Hall–Kier alpha value is -1.47. The number of nitrogens with one attached hydrogen (secondary N) is 1. The molecule has 0 aliphatic rings. The molecule has 0 spiro atoms. The first-order valence-corrected chi connectivity index (χ1v) is 4.40. The highest BCUT2D eigenvalue weighted by molar-refractivity contribution is 6.32. The van der Waals surface area contributed by atoms with Gasteiger partial charge in [-0.15, -0.1) is 5.92 Å². The summed E-state index contributed by atoms with van der Waals surface area (Å²) in [6.45, 7) is 2.19. The van der Waals surface area contributed by atoms with Gasteiger partial charge in [0.15, 0.2) is 0 Å². The summed E-state index contributed by atoms with van der Waals surface area (Å²) in [5.74, 6) is 5.53. The van der Waals surface area contributed by atoms with Crippen LogP contribution in [0, 0.1) is 11.8 Å². The van der Waals surface area contributed by atoms with Crippen LogP contribution < -0.4 is 10.9 Å². The van der Waals surface area contributed by atoms with E-state index in [1.807, 2.05) is 0 Å². The molecule has 0 fully saturated rings. The van der Waals surface area contributed by atoms with Crippen molar-refractivity contribution < 1.29 is 0 Å². The van der Waals surface area contributed by atoms with Crippen molar-refractivity contribution in [1.29, 1.82) is 0 Å². The molecule has 1 rings (SSSR count). The van der Waals surface area contributed by atoms with Crippen LogP contribution in [-0.4, -0.2) is 16.3 Å². The molecule has 0 aliphatic heterocycles. The Balaban J connectivity index is 2.92. The average Bonchev–Trinajstić information content (AvgIpc) is 2.18. The molecule has 5 heteroatoms. The Morgan fingerprint density at radius 3 is 3.07 bits per heavy atom. The quantitative estimate of drug-likeness (QED) is 0.739. The van der Waals surface area contributed by atoms with E-state index in [-0.39, 0.29) is 10.6 Å². The molecule has 0 unspecified atom stereocenters. The van der Waals surface area contributed by atoms with Gasteiger partial charge < -0.3 is 5.32 Å². The maximum atomic E-state index is 11.3. The molecule has 14 heavy (non-hydrogen) atoms. The van der Waals surface area contributed by atoms with Crippen molar-refractivity contribution in [1.82, 2.24) is 9.78 Å². The lowest BCUT2D eigenvalue weighted by Gasteiger charge is -2.04. The van der Waals surface area contributed by atoms with E-state index in [0.717, 1.165) is 0 Å². The van der Waals surface area contributed by atoms with E-state index in [2.05, 4.69) is 22.3 Å². The predicted molar refractivity (Wildman–Crippen MR) is 56.4 cm³/mol. The monoisotopic (exact) mass is 211 g/mol. The zero-order valence-corrected chi connectivity index (χ0v) is 8.72. The van der Waals surface area contributed by atoms with E-state index >= 15 is 0 Å². The minimum Gasteiger partial charge on any atom is -0.371 e. The minimum absolute atomic E-state index is 0.139. The van der Waals surface area contributed by atoms with E-state index in [9.17, 15) is 4.79 Å². The molecule has 0 aliphatic carbocycles. The van der Waals surface area contributed by atoms with Gasteiger partial charge in [0.05, 0.1) is 18.4 Å². The summed E-state index contributed by atoms with van der Waals surface area (Å²) >= 11 is 5.79. The number of anilines is 1. The van der Waals surface area contributed by atoms with Crippen molar-refractivity contribution >= 4 is 17.3 Å². The van der Waals surface area contributed by atoms with Gasteiger partial charge in [-0.1, -0.05) is 17.5 Å². The van der Waals surface area contributed by atoms with Crippen LogP contribution in [0.15, 0.2) is 11.0 Å². The molecular weight excluding hydrogens is 202 g/mol. The number of halogens is 1. The Labute approximate surface area is 86.9 Å². The minimum atomic E-state index is -0.318. The highest BCUT2D eigenvalue weighted by atomic mass is 35.5. The van der Waals surface area contributed by atoms with Gasteiger partial charge in [-0.3, -0.25) is 4.79 Å². The third-order valence-electron chi connectivity index (χ3n) is 1.62. The van der Waals surface area contributed by atoms with Gasteiger partial charge in [0.25, 0.3) is 5.56 Å². The van der Waals surface area contributed by atoms with Crippen molar-refractivity contribution in [3.8, 4) is 11.8 Å². The van der Waals surface area contributed by atoms with Crippen LogP contribution in [-0.2, 0) is 7.05 Å². The van der Waals surface area contributed by atoms with Crippen LogP contribution in [0.3, 0.4) is 0 Å². The average molecular weight is 212 g/mol. The molecule has 4 nitrogen and oxygen atoms in total. The summed E-state index contributed by atoms with van der Waals surface area (Å²) in [4.78, 5) is 11.3. The smallest absolute Gasteiger partial charge is 0.287 e. The van der Waals surface area contributed by atoms with Gasteiger partial charge in [0.1, 0.15) is 5.02 Å². The first kappa shape index (κ1) is 10.6. The highest BCUT2D eigenvalue weighted by Gasteiger charge is 2.05. The van der Waals surface area contributed by atoms with Crippen molar-refractivity contribution in [2.75, 3.05) is 11.9 Å². The second-order valence-electron chi connectivity index (χ2n) is 2.58. The van der Waals surface area contributed by atoms with E-state index in [0.29, 0.717) is 12.2 Å². The number of aryl methyl sites for hydroxylation is 1. The maximum Gasteiger partial charge on any atom is 0.287 e. The molecule has 0 bridgehead atoms. The molecule has 1 aromatic heterocycles. The van der Waals surface area contributed by atoms with E-state index in [1.165, 1.54) is 10.9 Å². The van der Waals surface area contributed by atoms with Gasteiger partial charge in [0.2, 0.25) is 0 Å². The molecule has 1 aromatic rings. The molecular formula is C9H10ClN3O. The number of hydrogen-bond acceptors (Lipinski definition) is 3. The predicted octanol–water partition coefficient (Wildman–Crippen LogP) is 0.869. The molecule has 0 aromatic carbocycles. The molecule has 0 radical (unpaired) electrons. The highest BCUT2D eigenvalue weighted by Crippen LogP contribution is 2.13. The fraction of sp³-hybridized carbons (Fsp3) is 0.333. The Morgan fingerprint density at radius 2 is 2.43 bits per heavy atom. The van der Waals surface area contributed by atoms with Gasteiger partial charge in [0, 0.05) is 7.05 Å². The molecule has 0 atom stereocenters. The molecule has 0 amide bonds. The van der Waals surface area contributed by atoms with Gasteiger partial charge in [-0.05, 0) is 6.92 Å². The van der Waals surface area contributed by atoms with Crippen LogP contribution in [0.1, 0.15) is 6.92 Å².